The van der Waals surface area contributed by atoms with Gasteiger partial charge in [-0.15, -0.1) is 0 Å². The van der Waals surface area contributed by atoms with Gasteiger partial charge in [-0.25, -0.2) is 9.59 Å². The summed E-state index contributed by atoms with van der Waals surface area (Å²) in [5.41, 5.74) is 3.93. The van der Waals surface area contributed by atoms with Crippen LogP contribution in [0.15, 0.2) is 45.3 Å². The number of carbonyl (C=O) groups excluding carboxylic acids is 4. The Labute approximate surface area is 298 Å². The van der Waals surface area contributed by atoms with Crippen LogP contribution in [0.1, 0.15) is 55.2 Å². The third-order valence-corrected chi connectivity index (χ3v) is 12.1. The maximum Gasteiger partial charge on any atom is 0.323 e. The first-order valence-electron chi connectivity index (χ1n) is 16.9. The van der Waals surface area contributed by atoms with Gasteiger partial charge in [-0.2, -0.15) is 0 Å². The monoisotopic (exact) mass is 786 g/mol. The number of methoxy groups -OCH3 is 1. The second kappa shape index (κ2) is 15.2. The number of rotatable bonds is 7. The molecule has 0 saturated carbocycles. The van der Waals surface area contributed by atoms with Crippen LogP contribution in [0.5, 0.6) is 0 Å². The van der Waals surface area contributed by atoms with E-state index in [9.17, 15) is 19.2 Å². The zero-order chi connectivity index (χ0) is 33.9. The summed E-state index contributed by atoms with van der Waals surface area (Å²) in [4.78, 5) is 60.9. The van der Waals surface area contributed by atoms with Crippen LogP contribution in [0.25, 0.3) is 0 Å². The lowest BCUT2D eigenvalue weighted by Gasteiger charge is -2.41. The maximum absolute atomic E-state index is 14.1. The smallest absolute Gasteiger partial charge is 0.323 e. The average molecular weight is 789 g/mol. The summed E-state index contributed by atoms with van der Waals surface area (Å²) in [5, 5.41) is 6.09. The third kappa shape index (κ3) is 7.52. The maximum atomic E-state index is 14.1. The van der Waals surface area contributed by atoms with Crippen molar-refractivity contribution in [2.75, 3.05) is 45.2 Å². The summed E-state index contributed by atoms with van der Waals surface area (Å²) in [6.45, 7) is 5.53. The highest BCUT2D eigenvalue weighted by Gasteiger charge is 2.39. The molecule has 1 unspecified atom stereocenters. The number of anilines is 1. The van der Waals surface area contributed by atoms with E-state index in [4.69, 9.17) is 4.74 Å². The Balaban J connectivity index is 1.10. The summed E-state index contributed by atoms with van der Waals surface area (Å²) in [6.07, 6.45) is 4.98. The number of ether oxygens (including phenoxy) is 1. The number of piperidine rings is 2. The van der Waals surface area contributed by atoms with E-state index in [1.54, 1.807) is 4.90 Å². The molecule has 11 nitrogen and oxygen atoms in total. The number of amides is 5. The lowest BCUT2D eigenvalue weighted by atomic mass is 9.99. The van der Waals surface area contributed by atoms with Gasteiger partial charge in [-0.05, 0) is 86.9 Å². The van der Waals surface area contributed by atoms with Crippen LogP contribution in [-0.2, 0) is 27.3 Å². The fraction of sp³-hybridized carbons (Fsp3) is 0.543. The van der Waals surface area contributed by atoms with Crippen molar-refractivity contribution in [3.8, 4) is 0 Å². The number of carbonyl (C=O) groups is 4. The number of esters is 1. The van der Waals surface area contributed by atoms with Crippen LogP contribution in [0, 0.1) is 6.92 Å². The summed E-state index contributed by atoms with van der Waals surface area (Å²) in [7, 11) is 1.44. The van der Waals surface area contributed by atoms with E-state index in [1.165, 1.54) is 7.11 Å². The second-order valence-corrected chi connectivity index (χ2v) is 15.0. The first kappa shape index (κ1) is 34.7. The molecule has 5 amide bonds. The molecule has 4 aliphatic rings. The minimum absolute atomic E-state index is 0.0257. The van der Waals surface area contributed by atoms with Crippen molar-refractivity contribution in [3.05, 3.63) is 62.0 Å². The topological polar surface area (TPSA) is 115 Å². The number of hydrogen-bond acceptors (Lipinski definition) is 6. The number of nitrogens with zero attached hydrogens (tertiary/aromatic N) is 4. The Morgan fingerprint density at radius 1 is 0.938 bits per heavy atom. The van der Waals surface area contributed by atoms with Gasteiger partial charge in [-0.3, -0.25) is 14.5 Å². The van der Waals surface area contributed by atoms with E-state index in [0.29, 0.717) is 52.0 Å². The van der Waals surface area contributed by atoms with Gasteiger partial charge < -0.3 is 30.1 Å². The molecule has 0 aromatic heterocycles. The van der Waals surface area contributed by atoms with Gasteiger partial charge in [0, 0.05) is 65.9 Å². The van der Waals surface area contributed by atoms with Crippen LogP contribution in [-0.4, -0.2) is 108 Å². The lowest BCUT2D eigenvalue weighted by molar-refractivity contribution is -0.147. The first-order chi connectivity index (χ1) is 23.1. The highest BCUT2D eigenvalue weighted by Crippen LogP contribution is 2.30. The number of benzene rings is 2. The molecule has 0 bridgehead atoms. The Kier molecular flexibility index (Phi) is 11.0. The van der Waals surface area contributed by atoms with E-state index < -0.39 is 6.04 Å². The number of para-hydroxylation sites is 1. The summed E-state index contributed by atoms with van der Waals surface area (Å²) in [5.74, 6) is -0.281. The van der Waals surface area contributed by atoms with Crippen molar-refractivity contribution in [1.82, 2.24) is 24.9 Å². The molecule has 258 valence electrons. The highest BCUT2D eigenvalue weighted by molar-refractivity contribution is 9.11. The fourth-order valence-corrected chi connectivity index (χ4v) is 8.92. The van der Waals surface area contributed by atoms with Crippen molar-refractivity contribution in [3.63, 3.8) is 0 Å². The SMILES string of the molecule is COC(=O)[C@H]1CCCN1C1CCN(C(=O)C(Cc2cc(Br)c(C)c(Br)c2)NC(=O)N2CCC(N3Cc4ccccc4NC3=O)CC2)CC1. The number of nitrogens with one attached hydrogen (secondary N) is 2. The van der Waals surface area contributed by atoms with Crippen molar-refractivity contribution in [2.45, 2.75) is 82.6 Å². The van der Waals surface area contributed by atoms with Crippen LogP contribution in [0.3, 0.4) is 0 Å². The summed E-state index contributed by atoms with van der Waals surface area (Å²) < 4.78 is 6.92. The second-order valence-electron chi connectivity index (χ2n) is 13.3. The first-order valence-corrected chi connectivity index (χ1v) is 18.5. The number of fused-ring (bicyclic) bond motifs is 1. The fourth-order valence-electron chi connectivity index (χ4n) is 7.64. The van der Waals surface area contributed by atoms with Gasteiger partial charge >= 0.3 is 18.0 Å². The molecule has 4 heterocycles. The van der Waals surface area contributed by atoms with Gasteiger partial charge in [0.25, 0.3) is 0 Å². The Morgan fingerprint density at radius 3 is 2.27 bits per heavy atom. The van der Waals surface area contributed by atoms with Crippen LogP contribution < -0.4 is 10.6 Å². The number of urea groups is 2. The molecule has 13 heteroatoms. The molecule has 3 saturated heterocycles. The van der Waals surface area contributed by atoms with E-state index in [0.717, 1.165) is 63.6 Å². The lowest BCUT2D eigenvalue weighted by Crippen LogP contribution is -2.58. The molecule has 0 aliphatic carbocycles. The van der Waals surface area contributed by atoms with Crippen molar-refractivity contribution >= 4 is 61.5 Å². The van der Waals surface area contributed by atoms with E-state index in [1.807, 2.05) is 53.1 Å². The summed E-state index contributed by atoms with van der Waals surface area (Å²) in [6, 6.07) is 10.8. The van der Waals surface area contributed by atoms with Crippen LogP contribution >= 0.6 is 31.9 Å². The molecule has 0 radical (unpaired) electrons. The van der Waals surface area contributed by atoms with E-state index >= 15 is 0 Å². The average Bonchev–Trinajstić information content (AvgIpc) is 3.60. The third-order valence-electron chi connectivity index (χ3n) is 10.4. The molecule has 6 rings (SSSR count). The van der Waals surface area contributed by atoms with Gasteiger partial charge in [0.15, 0.2) is 0 Å². The predicted molar refractivity (Wildman–Crippen MR) is 190 cm³/mol. The van der Waals surface area contributed by atoms with E-state index in [2.05, 4.69) is 47.4 Å². The van der Waals surface area contributed by atoms with Gasteiger partial charge in [0.2, 0.25) is 5.91 Å². The Bertz CT molecular complexity index is 1520. The predicted octanol–water partition coefficient (Wildman–Crippen LogP) is 5.28. The van der Waals surface area contributed by atoms with E-state index in [-0.39, 0.29) is 42.1 Å². The zero-order valence-electron chi connectivity index (χ0n) is 27.6. The normalized spacial score (nSPS) is 21.5. The Morgan fingerprint density at radius 2 is 1.58 bits per heavy atom. The molecular weight excluding hydrogens is 744 g/mol. The number of halogens is 2. The molecule has 48 heavy (non-hydrogen) atoms. The minimum atomic E-state index is -0.743. The number of likely N-dealkylation sites (tertiary alicyclic amines) is 3. The summed E-state index contributed by atoms with van der Waals surface area (Å²) >= 11 is 7.27. The molecule has 3 fully saturated rings. The van der Waals surface area contributed by atoms with Gasteiger partial charge in [-0.1, -0.05) is 50.1 Å². The molecule has 2 aromatic rings. The van der Waals surface area contributed by atoms with Crippen LogP contribution in [0.4, 0.5) is 15.3 Å². The largest absolute Gasteiger partial charge is 0.468 e. The van der Waals surface area contributed by atoms with Crippen LogP contribution in [0.2, 0.25) is 0 Å². The molecule has 2 aromatic carbocycles. The van der Waals surface area contributed by atoms with Gasteiger partial charge in [0.05, 0.1) is 7.11 Å². The molecular formula is C35H44Br2N6O5. The van der Waals surface area contributed by atoms with Crippen molar-refractivity contribution in [2.24, 2.45) is 0 Å². The minimum Gasteiger partial charge on any atom is -0.468 e. The molecule has 2 N–H and O–H groups in total. The zero-order valence-corrected chi connectivity index (χ0v) is 30.7. The standard InChI is InChI=1S/C35H44Br2N6O5/c1-22-27(36)18-23(19-28(22)37)20-30(32(44)40-14-9-25(10-15-40)42-13-5-8-31(42)33(45)48-2)39-34(46)41-16-11-26(12-17-41)43-21-24-6-3-4-7-29(24)38-35(43)47/h3-4,6-7,18-19,25-26,30-31H,5,8-17,20-21H2,1-2H3,(H,38,47)(H,39,46)/t30?,31-/m1/s1. The highest BCUT2D eigenvalue weighted by atomic mass is 79.9. The van der Waals surface area contributed by atoms with Crippen molar-refractivity contribution < 1.29 is 23.9 Å². The van der Waals surface area contributed by atoms with Crippen molar-refractivity contribution in [1.29, 1.82) is 0 Å². The van der Waals surface area contributed by atoms with Gasteiger partial charge in [0.1, 0.15) is 12.1 Å². The molecule has 4 aliphatic heterocycles. The quantitative estimate of drug-likeness (QED) is 0.370. The Hall–Kier alpha value is -3.16. The number of hydrogen-bond donors (Lipinski definition) is 2. The molecule has 2 atom stereocenters. The molecule has 0 spiro atoms.